The fraction of sp³-hybridized carbons (Fsp3) is 0.273. The molecular weight excluding hydrogens is 448 g/mol. The molecule has 10 heteroatoms. The van der Waals surface area contributed by atoms with Crippen LogP contribution in [0.3, 0.4) is 0 Å². The van der Waals surface area contributed by atoms with Crippen LogP contribution in [0.5, 0.6) is 0 Å². The first kappa shape index (κ1) is 22.2. The number of amides is 2. The van der Waals surface area contributed by atoms with Crippen molar-refractivity contribution in [3.63, 3.8) is 0 Å². The lowest BCUT2D eigenvalue weighted by Crippen LogP contribution is -2.23. The second-order valence-electron chi connectivity index (χ2n) is 7.54. The Kier molecular flexibility index (Phi) is 6.66. The van der Waals surface area contributed by atoms with E-state index >= 15 is 0 Å². The van der Waals surface area contributed by atoms with Gasteiger partial charge in [-0.25, -0.2) is 0 Å². The second-order valence-corrected chi connectivity index (χ2v) is 8.89. The second kappa shape index (κ2) is 9.62. The number of primary amides is 1. The minimum atomic E-state index is -0.535. The number of aryl methyl sites for hydroxylation is 1. The number of nitrogens with zero attached hydrogens (tertiary/aromatic N) is 4. The smallest absolute Gasteiger partial charge is 0.248 e. The molecule has 2 aromatic carbocycles. The van der Waals surface area contributed by atoms with E-state index in [9.17, 15) is 9.59 Å². The summed E-state index contributed by atoms with van der Waals surface area (Å²) in [5, 5.41) is 12.2. The molecule has 2 amide bonds. The molecule has 166 valence electrons. The van der Waals surface area contributed by atoms with Crippen LogP contribution in [0.4, 0.5) is 11.4 Å². The molecule has 4 rings (SSSR count). The number of benzene rings is 2. The molecule has 0 radical (unpaired) electrons. The molecular formula is C22H23ClN6O2S. The maximum Gasteiger partial charge on any atom is 0.248 e. The quantitative estimate of drug-likeness (QED) is 0.510. The number of rotatable bonds is 7. The summed E-state index contributed by atoms with van der Waals surface area (Å²) in [5.41, 5.74) is 9.06. The van der Waals surface area contributed by atoms with Gasteiger partial charge in [0.25, 0.3) is 0 Å². The van der Waals surface area contributed by atoms with E-state index in [2.05, 4.69) is 20.4 Å². The van der Waals surface area contributed by atoms with Crippen LogP contribution in [-0.2, 0) is 4.79 Å². The fourth-order valence-corrected chi connectivity index (χ4v) is 4.47. The lowest BCUT2D eigenvalue weighted by Gasteiger charge is -2.22. The van der Waals surface area contributed by atoms with Crippen LogP contribution in [-0.4, -0.2) is 45.4 Å². The first-order valence-electron chi connectivity index (χ1n) is 10.2. The summed E-state index contributed by atoms with van der Waals surface area (Å²) in [6, 6.07) is 10.8. The molecule has 1 fully saturated rings. The molecule has 32 heavy (non-hydrogen) atoms. The van der Waals surface area contributed by atoms with Gasteiger partial charge >= 0.3 is 0 Å². The maximum atomic E-state index is 12.8. The van der Waals surface area contributed by atoms with Gasteiger partial charge in [-0.1, -0.05) is 29.4 Å². The number of nitrogens with one attached hydrogen (secondary N) is 1. The van der Waals surface area contributed by atoms with Gasteiger partial charge < -0.3 is 16.0 Å². The van der Waals surface area contributed by atoms with Gasteiger partial charge in [0.2, 0.25) is 11.8 Å². The monoisotopic (exact) mass is 470 g/mol. The molecule has 1 aliphatic rings. The van der Waals surface area contributed by atoms with Gasteiger partial charge in [-0.15, -0.1) is 10.2 Å². The predicted octanol–water partition coefficient (Wildman–Crippen LogP) is 3.66. The van der Waals surface area contributed by atoms with Gasteiger partial charge in [-0.2, -0.15) is 0 Å². The Hall–Kier alpha value is -3.04. The zero-order valence-corrected chi connectivity index (χ0v) is 19.1. The number of halogens is 1. The minimum Gasteiger partial charge on any atom is -0.370 e. The van der Waals surface area contributed by atoms with Gasteiger partial charge in [-0.05, 0) is 55.7 Å². The minimum absolute atomic E-state index is 0.124. The Labute approximate surface area is 195 Å². The average Bonchev–Trinajstić information content (AvgIpc) is 3.46. The number of aromatic nitrogens is 3. The van der Waals surface area contributed by atoms with Crippen LogP contribution in [0.1, 0.15) is 28.8 Å². The van der Waals surface area contributed by atoms with Crippen molar-refractivity contribution in [2.75, 3.05) is 29.1 Å². The number of anilines is 2. The van der Waals surface area contributed by atoms with Crippen molar-refractivity contribution in [2.45, 2.75) is 24.9 Å². The lowest BCUT2D eigenvalue weighted by molar-refractivity contribution is -0.113. The van der Waals surface area contributed by atoms with E-state index in [0.717, 1.165) is 42.9 Å². The van der Waals surface area contributed by atoms with E-state index in [-0.39, 0.29) is 11.7 Å². The molecule has 0 atom stereocenters. The summed E-state index contributed by atoms with van der Waals surface area (Å²) in [7, 11) is 0. The van der Waals surface area contributed by atoms with E-state index in [4.69, 9.17) is 17.3 Å². The normalized spacial score (nSPS) is 13.4. The zero-order chi connectivity index (χ0) is 22.7. The zero-order valence-electron chi connectivity index (χ0n) is 17.5. The summed E-state index contributed by atoms with van der Waals surface area (Å²) in [6.07, 6.45) is 3.78. The first-order valence-corrected chi connectivity index (χ1v) is 11.6. The van der Waals surface area contributed by atoms with Gasteiger partial charge in [0.1, 0.15) is 6.33 Å². The number of carbonyl (C=O) groups excluding carboxylic acids is 2. The molecule has 0 saturated carbocycles. The average molecular weight is 471 g/mol. The molecule has 1 saturated heterocycles. The van der Waals surface area contributed by atoms with Crippen LogP contribution in [0.2, 0.25) is 5.02 Å². The molecule has 3 N–H and O–H groups in total. The highest BCUT2D eigenvalue weighted by molar-refractivity contribution is 7.99. The van der Waals surface area contributed by atoms with Crippen molar-refractivity contribution in [1.29, 1.82) is 0 Å². The van der Waals surface area contributed by atoms with E-state index < -0.39 is 5.91 Å². The molecule has 0 unspecified atom stereocenters. The van der Waals surface area contributed by atoms with Crippen molar-refractivity contribution in [1.82, 2.24) is 14.8 Å². The Morgan fingerprint density at radius 3 is 2.69 bits per heavy atom. The number of hydrogen-bond donors (Lipinski definition) is 2. The molecule has 2 heterocycles. The van der Waals surface area contributed by atoms with Crippen molar-refractivity contribution in [3.05, 3.63) is 58.9 Å². The van der Waals surface area contributed by atoms with E-state index in [1.54, 1.807) is 23.0 Å². The lowest BCUT2D eigenvalue weighted by atomic mass is 10.1. The molecule has 0 bridgehead atoms. The molecule has 1 aliphatic heterocycles. The van der Waals surface area contributed by atoms with Crippen LogP contribution >= 0.6 is 23.4 Å². The number of hydrogen-bond acceptors (Lipinski definition) is 6. The van der Waals surface area contributed by atoms with Gasteiger partial charge in [0.05, 0.1) is 22.8 Å². The maximum absolute atomic E-state index is 12.8. The van der Waals surface area contributed by atoms with Crippen molar-refractivity contribution in [3.8, 4) is 5.69 Å². The van der Waals surface area contributed by atoms with Gasteiger partial charge in [-0.3, -0.25) is 14.2 Å². The van der Waals surface area contributed by atoms with Crippen molar-refractivity contribution >= 4 is 46.6 Å². The van der Waals surface area contributed by atoms with Gasteiger partial charge in [0.15, 0.2) is 5.16 Å². The number of carbonyl (C=O) groups is 2. The van der Waals surface area contributed by atoms with Crippen LogP contribution in [0.15, 0.2) is 47.9 Å². The highest BCUT2D eigenvalue weighted by Crippen LogP contribution is 2.31. The Balaban J connectivity index is 1.48. The van der Waals surface area contributed by atoms with E-state index in [0.29, 0.717) is 21.4 Å². The van der Waals surface area contributed by atoms with E-state index in [1.807, 2.05) is 31.2 Å². The topological polar surface area (TPSA) is 106 Å². The summed E-state index contributed by atoms with van der Waals surface area (Å²) in [6.45, 7) is 3.76. The van der Waals surface area contributed by atoms with Crippen LogP contribution in [0.25, 0.3) is 5.69 Å². The molecule has 0 spiro atoms. The summed E-state index contributed by atoms with van der Waals surface area (Å²) in [5.74, 6) is -0.625. The van der Waals surface area contributed by atoms with E-state index in [1.165, 1.54) is 11.8 Å². The summed E-state index contributed by atoms with van der Waals surface area (Å²) in [4.78, 5) is 26.6. The third-order valence-electron chi connectivity index (χ3n) is 5.28. The van der Waals surface area contributed by atoms with Crippen molar-refractivity contribution < 1.29 is 9.59 Å². The molecule has 1 aromatic heterocycles. The van der Waals surface area contributed by atoms with Crippen LogP contribution in [0, 0.1) is 6.92 Å². The number of nitrogens with two attached hydrogens (primary N) is 1. The highest BCUT2D eigenvalue weighted by Gasteiger charge is 2.19. The Bertz CT molecular complexity index is 1160. The first-order chi connectivity index (χ1) is 15.4. The van der Waals surface area contributed by atoms with Crippen molar-refractivity contribution in [2.24, 2.45) is 5.73 Å². The molecule has 3 aromatic rings. The summed E-state index contributed by atoms with van der Waals surface area (Å²) >= 11 is 7.51. The third kappa shape index (κ3) is 4.89. The Morgan fingerprint density at radius 1 is 1.19 bits per heavy atom. The van der Waals surface area contributed by atoms with Crippen LogP contribution < -0.4 is 16.0 Å². The molecule has 0 aliphatic carbocycles. The summed E-state index contributed by atoms with van der Waals surface area (Å²) < 4.78 is 1.78. The molecule has 8 nitrogen and oxygen atoms in total. The Morgan fingerprint density at radius 2 is 1.97 bits per heavy atom. The highest BCUT2D eigenvalue weighted by atomic mass is 35.5. The predicted molar refractivity (Wildman–Crippen MR) is 127 cm³/mol. The third-order valence-corrected chi connectivity index (χ3v) is 6.63. The van der Waals surface area contributed by atoms with Gasteiger partial charge in [0, 0.05) is 23.7 Å². The fourth-order valence-electron chi connectivity index (χ4n) is 3.57. The standard InChI is InChI=1S/C22H23ClN6O2S/c1-14-4-6-16(11-17(14)23)29-13-25-27-22(29)32-12-20(30)26-18-10-15(21(24)31)5-7-19(18)28-8-2-3-9-28/h4-7,10-11,13H,2-3,8-9,12H2,1H3,(H2,24,31)(H,26,30). The SMILES string of the molecule is Cc1ccc(-n2cnnc2SCC(=O)Nc2cc(C(N)=O)ccc2N2CCCC2)cc1Cl. The largest absolute Gasteiger partial charge is 0.370 e. The number of thioether (sulfide) groups is 1.